The van der Waals surface area contributed by atoms with Crippen molar-refractivity contribution in [2.45, 2.75) is 0 Å². The van der Waals surface area contributed by atoms with E-state index in [1.54, 1.807) is 0 Å². The minimum Gasteiger partial charge on any atom is -0.309 e. The lowest BCUT2D eigenvalue weighted by Crippen LogP contribution is -1.97. The first-order chi connectivity index (χ1) is 24.2. The zero-order chi connectivity index (χ0) is 32.9. The van der Waals surface area contributed by atoms with Crippen molar-refractivity contribution >= 4 is 54.7 Å². The summed E-state index contributed by atoms with van der Waals surface area (Å²) < 4.78 is 2.29. The quantitative estimate of drug-likeness (QED) is 0.137. The van der Waals surface area contributed by atoms with Crippen LogP contribution in [0.15, 0.2) is 164 Å². The highest BCUT2D eigenvalue weighted by Crippen LogP contribution is 2.46. The molecule has 3 nitrogen and oxygen atoms in total. The topological polar surface area (TPSA) is 13.7 Å². The second-order valence-electron chi connectivity index (χ2n) is 12.3. The van der Waals surface area contributed by atoms with Gasteiger partial charge in [0, 0.05) is 10.8 Å². The average molecular weight is 622 g/mol. The zero-order valence-corrected chi connectivity index (χ0v) is 26.4. The van der Waals surface area contributed by atoms with Gasteiger partial charge in [-0.25, -0.2) is 9.69 Å². The first-order valence-corrected chi connectivity index (χ1v) is 16.3. The van der Waals surface area contributed by atoms with Crippen LogP contribution in [0.1, 0.15) is 0 Å². The SMILES string of the molecule is [C-]#[N+]c1cc(-c2cc([N+]#[C-])ccc2-n2c3ccccc3c3ccccc32)cc(-c2c3ccccc3c(-c3ccccc3)c3ccccc23)c1. The standard InChI is InChI=1S/C46H27N3/c1-47-33-24-25-44(49-42-22-12-10-16-35(42)36-17-11-13-23-43(36)49)41(29-33)31-26-32(28-34(27-31)48-2)46-39-20-8-6-18-37(39)45(30-14-4-3-5-15-30)38-19-7-9-21-40(38)46/h3-29H. The van der Waals surface area contributed by atoms with Gasteiger partial charge in [-0.1, -0.05) is 121 Å². The summed E-state index contributed by atoms with van der Waals surface area (Å²) in [7, 11) is 0. The van der Waals surface area contributed by atoms with E-state index in [1.807, 2.05) is 30.3 Å². The van der Waals surface area contributed by atoms with Crippen LogP contribution in [0.2, 0.25) is 0 Å². The molecule has 0 atom stereocenters. The van der Waals surface area contributed by atoms with Gasteiger partial charge in [-0.2, -0.15) is 0 Å². The van der Waals surface area contributed by atoms with Crippen molar-refractivity contribution in [2.24, 2.45) is 0 Å². The number of nitrogens with zero attached hydrogens (tertiary/aromatic N) is 3. The summed E-state index contributed by atoms with van der Waals surface area (Å²) >= 11 is 0. The molecule has 0 amide bonds. The van der Waals surface area contributed by atoms with Gasteiger partial charge >= 0.3 is 0 Å². The predicted octanol–water partition coefficient (Wildman–Crippen LogP) is 13.2. The van der Waals surface area contributed by atoms with Gasteiger partial charge in [0.15, 0.2) is 11.4 Å². The van der Waals surface area contributed by atoms with Crippen molar-refractivity contribution < 1.29 is 0 Å². The first-order valence-electron chi connectivity index (χ1n) is 16.3. The van der Waals surface area contributed by atoms with E-state index in [-0.39, 0.29) is 0 Å². The maximum atomic E-state index is 8.19. The van der Waals surface area contributed by atoms with Crippen LogP contribution in [0.3, 0.4) is 0 Å². The lowest BCUT2D eigenvalue weighted by atomic mass is 9.85. The van der Waals surface area contributed by atoms with Crippen LogP contribution in [0.5, 0.6) is 0 Å². The molecule has 1 aromatic heterocycles. The van der Waals surface area contributed by atoms with Crippen LogP contribution >= 0.6 is 0 Å². The normalized spacial score (nSPS) is 11.2. The minimum atomic E-state index is 0.550. The Hall–Kier alpha value is -6.94. The molecule has 0 aliphatic rings. The van der Waals surface area contributed by atoms with E-state index in [1.165, 1.54) is 21.9 Å². The molecule has 9 aromatic rings. The molecule has 0 aliphatic carbocycles. The summed E-state index contributed by atoms with van der Waals surface area (Å²) in [5.41, 5.74) is 10.5. The predicted molar refractivity (Wildman–Crippen MR) is 205 cm³/mol. The Morgan fingerprint density at radius 2 is 0.837 bits per heavy atom. The van der Waals surface area contributed by atoms with Crippen LogP contribution in [-0.4, -0.2) is 4.57 Å². The smallest absolute Gasteiger partial charge is 0.188 e. The van der Waals surface area contributed by atoms with Crippen molar-refractivity contribution in [3.05, 3.63) is 187 Å². The van der Waals surface area contributed by atoms with Crippen molar-refractivity contribution in [1.82, 2.24) is 4.57 Å². The third kappa shape index (κ3) is 4.49. The van der Waals surface area contributed by atoms with Crippen LogP contribution in [0, 0.1) is 13.1 Å². The molecule has 8 aromatic carbocycles. The summed E-state index contributed by atoms with van der Waals surface area (Å²) in [6.07, 6.45) is 0. The van der Waals surface area contributed by atoms with Crippen molar-refractivity contribution in [3.8, 4) is 39.1 Å². The van der Waals surface area contributed by atoms with E-state index < -0.39 is 0 Å². The molecular weight excluding hydrogens is 595 g/mol. The molecule has 0 saturated carbocycles. The van der Waals surface area contributed by atoms with Gasteiger partial charge in [0.25, 0.3) is 0 Å². The molecule has 3 heteroatoms. The molecule has 49 heavy (non-hydrogen) atoms. The highest BCUT2D eigenvalue weighted by molar-refractivity contribution is 6.21. The number of aromatic nitrogens is 1. The van der Waals surface area contributed by atoms with Gasteiger partial charge in [-0.05, 0) is 97.4 Å². The van der Waals surface area contributed by atoms with Crippen LogP contribution in [-0.2, 0) is 0 Å². The Bertz CT molecular complexity index is 2740. The third-order valence-corrected chi connectivity index (χ3v) is 9.57. The fourth-order valence-corrected chi connectivity index (χ4v) is 7.53. The maximum absolute atomic E-state index is 8.19. The Labute approximate surface area is 284 Å². The molecule has 0 N–H and O–H groups in total. The molecular formula is C46H27N3. The number of rotatable bonds is 4. The van der Waals surface area contributed by atoms with Crippen LogP contribution in [0.25, 0.3) is 92.1 Å². The summed E-state index contributed by atoms with van der Waals surface area (Å²) in [5, 5.41) is 6.93. The highest BCUT2D eigenvalue weighted by Gasteiger charge is 2.20. The summed E-state index contributed by atoms with van der Waals surface area (Å²) in [4.78, 5) is 7.81. The maximum Gasteiger partial charge on any atom is 0.188 e. The summed E-state index contributed by atoms with van der Waals surface area (Å²) in [6.45, 7) is 16.1. The van der Waals surface area contributed by atoms with E-state index in [2.05, 4.69) is 148 Å². The largest absolute Gasteiger partial charge is 0.309 e. The minimum absolute atomic E-state index is 0.550. The second-order valence-corrected chi connectivity index (χ2v) is 12.3. The lowest BCUT2D eigenvalue weighted by molar-refractivity contribution is 1.18. The molecule has 1 heterocycles. The average Bonchev–Trinajstić information content (AvgIpc) is 3.51. The van der Waals surface area contributed by atoms with Gasteiger partial charge in [0.1, 0.15) is 0 Å². The highest BCUT2D eigenvalue weighted by atomic mass is 15.0. The van der Waals surface area contributed by atoms with Crippen molar-refractivity contribution in [3.63, 3.8) is 0 Å². The molecule has 0 radical (unpaired) electrons. The van der Waals surface area contributed by atoms with Gasteiger partial charge in [-0.15, -0.1) is 0 Å². The van der Waals surface area contributed by atoms with Gasteiger partial charge in [0.2, 0.25) is 0 Å². The molecule has 9 rings (SSSR count). The number of hydrogen-bond donors (Lipinski definition) is 0. The first kappa shape index (κ1) is 28.3. The Morgan fingerprint density at radius 1 is 0.367 bits per heavy atom. The van der Waals surface area contributed by atoms with Crippen LogP contribution < -0.4 is 0 Å². The fourth-order valence-electron chi connectivity index (χ4n) is 7.53. The van der Waals surface area contributed by atoms with Crippen LogP contribution in [0.4, 0.5) is 11.4 Å². The molecule has 0 saturated heterocycles. The molecule has 226 valence electrons. The number of hydrogen-bond acceptors (Lipinski definition) is 0. The van der Waals surface area contributed by atoms with E-state index in [9.17, 15) is 0 Å². The number of para-hydroxylation sites is 2. The summed E-state index contributed by atoms with van der Waals surface area (Å²) in [5.74, 6) is 0. The van der Waals surface area contributed by atoms with E-state index in [0.717, 1.165) is 60.5 Å². The van der Waals surface area contributed by atoms with E-state index in [4.69, 9.17) is 13.1 Å². The number of fused-ring (bicyclic) bond motifs is 5. The van der Waals surface area contributed by atoms with Gasteiger partial charge in [0.05, 0.1) is 29.9 Å². The third-order valence-electron chi connectivity index (χ3n) is 9.57. The number of benzene rings is 8. The molecule has 0 spiro atoms. The Kier molecular flexibility index (Phi) is 6.58. The monoisotopic (exact) mass is 621 g/mol. The Morgan fingerprint density at radius 3 is 1.39 bits per heavy atom. The second kappa shape index (κ2) is 11.4. The fraction of sp³-hybridized carbons (Fsp3) is 0. The molecule has 0 unspecified atom stereocenters. The molecule has 0 bridgehead atoms. The molecule has 0 aliphatic heterocycles. The van der Waals surface area contributed by atoms with Gasteiger partial charge in [-0.3, -0.25) is 0 Å². The van der Waals surface area contributed by atoms with E-state index in [0.29, 0.717) is 11.4 Å². The zero-order valence-electron chi connectivity index (χ0n) is 26.4. The van der Waals surface area contributed by atoms with E-state index >= 15 is 0 Å². The summed E-state index contributed by atoms with van der Waals surface area (Å²) in [6, 6.07) is 56.7. The Balaban J connectivity index is 1.37. The van der Waals surface area contributed by atoms with Crippen molar-refractivity contribution in [2.75, 3.05) is 0 Å². The van der Waals surface area contributed by atoms with Crippen molar-refractivity contribution in [1.29, 1.82) is 0 Å². The van der Waals surface area contributed by atoms with Gasteiger partial charge < -0.3 is 4.57 Å². The lowest BCUT2D eigenvalue weighted by Gasteiger charge is -2.19. The molecule has 0 fully saturated rings.